The number of hydrogen-bond acceptors (Lipinski definition) is 4. The summed E-state index contributed by atoms with van der Waals surface area (Å²) < 4.78 is 11.1. The lowest BCUT2D eigenvalue weighted by Crippen LogP contribution is -2.24. The van der Waals surface area contributed by atoms with Crippen LogP contribution in [0.3, 0.4) is 0 Å². The quantitative estimate of drug-likeness (QED) is 0.592. The maximum absolute atomic E-state index is 11.9. The summed E-state index contributed by atoms with van der Waals surface area (Å²) in [5.74, 6) is 1.20. The summed E-state index contributed by atoms with van der Waals surface area (Å²) in [5.41, 5.74) is 1.11. The molecular formula is C17H18ClNO4. The van der Waals surface area contributed by atoms with Gasteiger partial charge < -0.3 is 14.5 Å². The number of carbonyl (C=O) groups is 2. The lowest BCUT2D eigenvalue weighted by molar-refractivity contribution is -0.111. The molecule has 0 saturated heterocycles. The Bertz CT molecular complexity index is 681. The van der Waals surface area contributed by atoms with Crippen LogP contribution in [0.2, 0.25) is 0 Å². The van der Waals surface area contributed by atoms with Crippen LogP contribution in [0, 0.1) is 6.92 Å². The monoisotopic (exact) mass is 335 g/mol. The molecule has 122 valence electrons. The number of hydrogen-bond donors (Lipinski definition) is 1. The van der Waals surface area contributed by atoms with E-state index in [0.717, 1.165) is 11.3 Å². The van der Waals surface area contributed by atoms with Crippen LogP contribution in [0.1, 0.15) is 34.7 Å². The Morgan fingerprint density at radius 3 is 2.83 bits per heavy atom. The first kappa shape index (κ1) is 17.1. The third kappa shape index (κ3) is 5.79. The average Bonchev–Trinajstić information content (AvgIpc) is 2.98. The Balaban J connectivity index is 1.80. The number of ether oxygens (including phenoxy) is 1. The minimum atomic E-state index is -0.409. The van der Waals surface area contributed by atoms with Gasteiger partial charge in [-0.25, -0.2) is 0 Å². The largest absolute Gasteiger partial charge is 0.486 e. The second-order valence-electron chi connectivity index (χ2n) is 5.09. The molecule has 2 rings (SSSR count). The van der Waals surface area contributed by atoms with Gasteiger partial charge in [-0.3, -0.25) is 9.59 Å². The summed E-state index contributed by atoms with van der Waals surface area (Å²) in [6, 6.07) is 11.0. The number of amides is 1. The lowest BCUT2D eigenvalue weighted by atomic mass is 10.2. The molecule has 5 nitrogen and oxygen atoms in total. The zero-order chi connectivity index (χ0) is 16.7. The smallest absolute Gasteiger partial charge is 0.286 e. The van der Waals surface area contributed by atoms with Crippen LogP contribution in [0.25, 0.3) is 0 Å². The van der Waals surface area contributed by atoms with Gasteiger partial charge in [0.05, 0.1) is 0 Å². The highest BCUT2D eigenvalue weighted by Gasteiger charge is 2.11. The predicted molar refractivity (Wildman–Crippen MR) is 86.6 cm³/mol. The van der Waals surface area contributed by atoms with Crippen LogP contribution in [-0.4, -0.2) is 17.7 Å². The van der Waals surface area contributed by atoms with E-state index in [1.54, 1.807) is 12.1 Å². The van der Waals surface area contributed by atoms with E-state index in [1.165, 1.54) is 0 Å². The van der Waals surface area contributed by atoms with Gasteiger partial charge in [-0.05, 0) is 54.8 Å². The Morgan fingerprint density at radius 1 is 1.26 bits per heavy atom. The second-order valence-corrected chi connectivity index (χ2v) is 5.51. The molecule has 1 amide bonds. The third-order valence-corrected chi connectivity index (χ3v) is 3.28. The first-order valence-electron chi connectivity index (χ1n) is 7.29. The number of halogens is 1. The molecular weight excluding hydrogens is 318 g/mol. The molecule has 2 aromatic rings. The molecule has 0 unspecified atom stereocenters. The van der Waals surface area contributed by atoms with E-state index in [1.807, 2.05) is 31.2 Å². The molecule has 1 N–H and O–H groups in total. The minimum absolute atomic E-state index is 0.213. The molecule has 0 fully saturated rings. The van der Waals surface area contributed by atoms with Crippen molar-refractivity contribution in [2.75, 3.05) is 6.54 Å². The van der Waals surface area contributed by atoms with E-state index in [2.05, 4.69) is 5.32 Å². The fraction of sp³-hybridized carbons (Fsp3) is 0.294. The van der Waals surface area contributed by atoms with Crippen LogP contribution >= 0.6 is 11.6 Å². The van der Waals surface area contributed by atoms with E-state index in [9.17, 15) is 9.59 Å². The summed E-state index contributed by atoms with van der Waals surface area (Å²) in [4.78, 5) is 22.4. The van der Waals surface area contributed by atoms with Crippen LogP contribution in [0.5, 0.6) is 5.75 Å². The van der Waals surface area contributed by atoms with E-state index < -0.39 is 5.24 Å². The zero-order valence-corrected chi connectivity index (χ0v) is 13.6. The molecule has 0 radical (unpaired) electrons. The topological polar surface area (TPSA) is 68.5 Å². The minimum Gasteiger partial charge on any atom is -0.486 e. The number of aryl methyl sites for hydroxylation is 1. The fourth-order valence-corrected chi connectivity index (χ4v) is 2.09. The molecule has 0 spiro atoms. The van der Waals surface area contributed by atoms with Gasteiger partial charge in [0.2, 0.25) is 5.24 Å². The molecule has 6 heteroatoms. The zero-order valence-electron chi connectivity index (χ0n) is 12.8. The van der Waals surface area contributed by atoms with Crippen molar-refractivity contribution in [1.82, 2.24) is 5.32 Å². The first-order chi connectivity index (χ1) is 11.0. The Hall–Kier alpha value is -2.27. The van der Waals surface area contributed by atoms with Crippen molar-refractivity contribution in [2.45, 2.75) is 26.4 Å². The van der Waals surface area contributed by atoms with Crippen molar-refractivity contribution in [3.05, 3.63) is 53.5 Å². The molecule has 0 bridgehead atoms. The van der Waals surface area contributed by atoms with Crippen LogP contribution < -0.4 is 10.1 Å². The predicted octanol–water partition coefficient (Wildman–Crippen LogP) is 3.44. The SMILES string of the molecule is Cc1cccc(OCc2ccc(C(=O)NCCCC(=O)Cl)o2)c1. The van der Waals surface area contributed by atoms with Gasteiger partial charge in [0.25, 0.3) is 5.91 Å². The highest BCUT2D eigenvalue weighted by molar-refractivity contribution is 6.63. The molecule has 0 aliphatic heterocycles. The maximum Gasteiger partial charge on any atom is 0.286 e. The van der Waals surface area contributed by atoms with Gasteiger partial charge >= 0.3 is 0 Å². The number of benzene rings is 1. The van der Waals surface area contributed by atoms with Crippen molar-refractivity contribution < 1.29 is 18.7 Å². The normalized spacial score (nSPS) is 10.3. The Labute approximate surface area is 139 Å². The van der Waals surface area contributed by atoms with Crippen molar-refractivity contribution >= 4 is 22.8 Å². The van der Waals surface area contributed by atoms with E-state index in [-0.39, 0.29) is 24.7 Å². The number of carbonyl (C=O) groups excluding carboxylic acids is 2. The van der Waals surface area contributed by atoms with Crippen LogP contribution in [0.15, 0.2) is 40.8 Å². The molecule has 1 aromatic carbocycles. The third-order valence-electron chi connectivity index (χ3n) is 3.09. The molecule has 0 saturated carbocycles. The van der Waals surface area contributed by atoms with Crippen LogP contribution in [-0.2, 0) is 11.4 Å². The number of rotatable bonds is 8. The highest BCUT2D eigenvalue weighted by atomic mass is 35.5. The van der Waals surface area contributed by atoms with Crippen LogP contribution in [0.4, 0.5) is 0 Å². The standard InChI is InChI=1S/C17H18ClNO4/c1-12-4-2-5-13(10-12)22-11-14-7-8-15(23-14)17(21)19-9-3-6-16(18)20/h2,4-5,7-8,10H,3,6,9,11H2,1H3,(H,19,21). The molecule has 1 heterocycles. The Kier molecular flexibility index (Phi) is 6.23. The van der Waals surface area contributed by atoms with Crippen molar-refractivity contribution in [3.63, 3.8) is 0 Å². The molecule has 0 atom stereocenters. The van der Waals surface area contributed by atoms with Gasteiger partial charge in [0, 0.05) is 13.0 Å². The van der Waals surface area contributed by atoms with Gasteiger partial charge in [-0.2, -0.15) is 0 Å². The second kappa shape index (κ2) is 8.39. The van der Waals surface area contributed by atoms with E-state index >= 15 is 0 Å². The maximum atomic E-state index is 11.9. The summed E-state index contributed by atoms with van der Waals surface area (Å²) in [7, 11) is 0. The highest BCUT2D eigenvalue weighted by Crippen LogP contribution is 2.16. The number of nitrogens with one attached hydrogen (secondary N) is 1. The number of furan rings is 1. The summed E-state index contributed by atoms with van der Waals surface area (Å²) in [6.07, 6.45) is 0.730. The summed E-state index contributed by atoms with van der Waals surface area (Å²) in [6.45, 7) is 2.60. The van der Waals surface area contributed by atoms with Gasteiger partial charge in [-0.15, -0.1) is 0 Å². The van der Waals surface area contributed by atoms with Crippen molar-refractivity contribution in [3.8, 4) is 5.75 Å². The molecule has 23 heavy (non-hydrogen) atoms. The Morgan fingerprint density at radius 2 is 2.09 bits per heavy atom. The van der Waals surface area contributed by atoms with E-state index in [4.69, 9.17) is 20.8 Å². The fourth-order valence-electron chi connectivity index (χ4n) is 1.95. The van der Waals surface area contributed by atoms with Crippen molar-refractivity contribution in [1.29, 1.82) is 0 Å². The first-order valence-corrected chi connectivity index (χ1v) is 7.67. The average molecular weight is 336 g/mol. The molecule has 1 aromatic heterocycles. The summed E-state index contributed by atoms with van der Waals surface area (Å²) in [5, 5.41) is 2.26. The van der Waals surface area contributed by atoms with Gasteiger partial charge in [0.1, 0.15) is 18.1 Å². The summed E-state index contributed by atoms with van der Waals surface area (Å²) >= 11 is 5.22. The molecule has 0 aliphatic rings. The van der Waals surface area contributed by atoms with E-state index in [0.29, 0.717) is 18.7 Å². The van der Waals surface area contributed by atoms with Crippen molar-refractivity contribution in [2.24, 2.45) is 0 Å². The molecule has 0 aliphatic carbocycles. The van der Waals surface area contributed by atoms with Gasteiger partial charge in [-0.1, -0.05) is 12.1 Å². The van der Waals surface area contributed by atoms with Gasteiger partial charge in [0.15, 0.2) is 5.76 Å². The lowest BCUT2D eigenvalue weighted by Gasteiger charge is -2.05.